The van der Waals surface area contributed by atoms with E-state index in [0.717, 1.165) is 45.2 Å². The number of hydrogen-bond donors (Lipinski definition) is 3. The molecule has 1 aromatic heterocycles. The molecule has 3 atom stereocenters. The highest BCUT2D eigenvalue weighted by Gasteiger charge is 2.40. The first kappa shape index (κ1) is 22.1. The first-order valence-corrected chi connectivity index (χ1v) is 11.5. The molecule has 1 saturated heterocycles. The van der Waals surface area contributed by atoms with E-state index in [-0.39, 0.29) is 29.6 Å². The van der Waals surface area contributed by atoms with Crippen LogP contribution in [0.15, 0.2) is 48.7 Å². The summed E-state index contributed by atoms with van der Waals surface area (Å²) in [5, 5.41) is 24.1. The third-order valence-corrected chi connectivity index (χ3v) is 7.40. The molecule has 0 radical (unpaired) electrons. The lowest BCUT2D eigenvalue weighted by molar-refractivity contribution is 0.00482. The van der Waals surface area contributed by atoms with Gasteiger partial charge >= 0.3 is 0 Å². The maximum Gasteiger partial charge on any atom is 0.267 e. The van der Waals surface area contributed by atoms with Gasteiger partial charge in [0.2, 0.25) is 0 Å². The van der Waals surface area contributed by atoms with Crippen LogP contribution in [-0.4, -0.2) is 63.5 Å². The summed E-state index contributed by atoms with van der Waals surface area (Å²) in [7, 11) is 1.88. The van der Waals surface area contributed by atoms with Crippen LogP contribution in [0.1, 0.15) is 54.6 Å². The van der Waals surface area contributed by atoms with E-state index in [4.69, 9.17) is 0 Å². The van der Waals surface area contributed by atoms with Crippen LogP contribution in [0.25, 0.3) is 0 Å². The zero-order valence-electron chi connectivity index (χ0n) is 18.4. The first-order valence-electron chi connectivity index (χ1n) is 11.5. The molecule has 3 N–H and O–H groups in total. The zero-order valence-corrected chi connectivity index (χ0v) is 18.4. The molecule has 1 saturated carbocycles. The Morgan fingerprint density at radius 2 is 1.74 bits per heavy atom. The van der Waals surface area contributed by atoms with Crippen molar-refractivity contribution in [1.82, 2.24) is 14.8 Å². The average Bonchev–Trinajstić information content (AvgIpc) is 3.15. The van der Waals surface area contributed by atoms with Crippen molar-refractivity contribution < 1.29 is 15.0 Å². The predicted octanol–water partition coefficient (Wildman–Crippen LogP) is 2.45. The minimum Gasteiger partial charge on any atom is -0.393 e. The fourth-order valence-electron chi connectivity index (χ4n) is 5.40. The van der Waals surface area contributed by atoms with Gasteiger partial charge in [-0.25, -0.2) is 0 Å². The summed E-state index contributed by atoms with van der Waals surface area (Å²) >= 11 is 0. The smallest absolute Gasteiger partial charge is 0.267 e. The summed E-state index contributed by atoms with van der Waals surface area (Å²) < 4.78 is 1.84. The number of benzene rings is 1. The molecule has 0 spiro atoms. The van der Waals surface area contributed by atoms with Crippen molar-refractivity contribution in [2.45, 2.75) is 62.2 Å². The first-order chi connectivity index (χ1) is 15.0. The number of aliphatic hydroxyl groups excluding tert-OH is 2. The average molecular weight is 426 g/mol. The van der Waals surface area contributed by atoms with Crippen molar-refractivity contribution in [2.24, 2.45) is 7.05 Å². The van der Waals surface area contributed by atoms with Gasteiger partial charge in [0.15, 0.2) is 0 Å². The number of likely N-dealkylation sites (tertiary alicyclic amines) is 1. The number of amides is 1. The number of carbonyl (C=O) groups is 1. The number of piperidine rings is 1. The zero-order chi connectivity index (χ0) is 21.8. The van der Waals surface area contributed by atoms with Gasteiger partial charge in [-0.3, -0.25) is 9.69 Å². The van der Waals surface area contributed by atoms with Crippen LogP contribution < -0.4 is 5.32 Å². The van der Waals surface area contributed by atoms with Crippen molar-refractivity contribution in [1.29, 1.82) is 0 Å². The molecule has 2 aliphatic rings. The molecular weight excluding hydrogens is 390 g/mol. The van der Waals surface area contributed by atoms with Crippen LogP contribution >= 0.6 is 0 Å². The van der Waals surface area contributed by atoms with Gasteiger partial charge in [-0.1, -0.05) is 30.3 Å². The molecule has 31 heavy (non-hydrogen) atoms. The van der Waals surface area contributed by atoms with E-state index in [9.17, 15) is 15.0 Å². The van der Waals surface area contributed by atoms with Gasteiger partial charge in [-0.15, -0.1) is 0 Å². The molecule has 6 nitrogen and oxygen atoms in total. The molecule has 168 valence electrons. The van der Waals surface area contributed by atoms with Crippen LogP contribution in [0.4, 0.5) is 0 Å². The van der Waals surface area contributed by atoms with Gasteiger partial charge in [0, 0.05) is 44.3 Å². The van der Waals surface area contributed by atoms with Crippen molar-refractivity contribution in [3.8, 4) is 0 Å². The monoisotopic (exact) mass is 425 g/mol. The van der Waals surface area contributed by atoms with Crippen LogP contribution in [-0.2, 0) is 12.5 Å². The van der Waals surface area contributed by atoms with Crippen molar-refractivity contribution in [2.75, 3.05) is 19.6 Å². The highest BCUT2D eigenvalue weighted by molar-refractivity contribution is 5.92. The van der Waals surface area contributed by atoms with Crippen LogP contribution in [0, 0.1) is 0 Å². The minimum absolute atomic E-state index is 0.0610. The molecule has 1 aliphatic carbocycles. The molecule has 2 heterocycles. The predicted molar refractivity (Wildman–Crippen MR) is 121 cm³/mol. The van der Waals surface area contributed by atoms with Crippen LogP contribution in [0.5, 0.6) is 0 Å². The number of nitrogens with one attached hydrogen (secondary N) is 1. The molecule has 4 rings (SSSR count). The number of hydrogen-bond acceptors (Lipinski definition) is 4. The fraction of sp³-hybridized carbons (Fsp3) is 0.560. The molecule has 6 heteroatoms. The maximum absolute atomic E-state index is 12.8. The maximum atomic E-state index is 12.8. The van der Waals surface area contributed by atoms with Gasteiger partial charge in [0.05, 0.1) is 12.2 Å². The SMILES string of the molecule is Cn1cccc1C(=O)NC[C@@]1(c2ccccc2)CC[C@H](O)[C@@H](N2CCC(O)CC2)CC1. The molecule has 0 bridgehead atoms. The Kier molecular flexibility index (Phi) is 6.80. The second-order valence-corrected chi connectivity index (χ2v) is 9.31. The Bertz CT molecular complexity index is 860. The molecule has 2 fully saturated rings. The molecular formula is C25H35N3O3. The van der Waals surface area contributed by atoms with Crippen molar-refractivity contribution in [3.63, 3.8) is 0 Å². The summed E-state index contributed by atoms with van der Waals surface area (Å²) in [6.07, 6.45) is 6.16. The quantitative estimate of drug-likeness (QED) is 0.643. The van der Waals surface area contributed by atoms with Crippen LogP contribution in [0.2, 0.25) is 0 Å². The summed E-state index contributed by atoms with van der Waals surface area (Å²) in [6, 6.07) is 14.3. The third-order valence-electron chi connectivity index (χ3n) is 7.40. The van der Waals surface area contributed by atoms with E-state index in [1.54, 1.807) is 0 Å². The molecule has 0 unspecified atom stereocenters. The largest absolute Gasteiger partial charge is 0.393 e. The van der Waals surface area contributed by atoms with Crippen molar-refractivity contribution >= 4 is 5.91 Å². The number of nitrogens with zero attached hydrogens (tertiary/aromatic N) is 2. The van der Waals surface area contributed by atoms with E-state index < -0.39 is 0 Å². The second kappa shape index (κ2) is 9.55. The number of aromatic nitrogens is 1. The van der Waals surface area contributed by atoms with Crippen LogP contribution in [0.3, 0.4) is 0 Å². The van der Waals surface area contributed by atoms with E-state index >= 15 is 0 Å². The van der Waals surface area contributed by atoms with Gasteiger partial charge in [-0.2, -0.15) is 0 Å². The van der Waals surface area contributed by atoms with Gasteiger partial charge in [0.25, 0.3) is 5.91 Å². The minimum atomic E-state index is -0.385. The summed E-state index contributed by atoms with van der Waals surface area (Å²) in [5.74, 6) is -0.0610. The van der Waals surface area contributed by atoms with E-state index in [1.165, 1.54) is 5.56 Å². The lowest BCUT2D eigenvalue weighted by atomic mass is 9.74. The lowest BCUT2D eigenvalue weighted by Crippen LogP contribution is -2.48. The lowest BCUT2D eigenvalue weighted by Gasteiger charge is -2.38. The Morgan fingerprint density at radius 3 is 2.42 bits per heavy atom. The topological polar surface area (TPSA) is 77.7 Å². The molecule has 1 amide bonds. The van der Waals surface area contributed by atoms with Gasteiger partial charge in [-0.05, 0) is 56.2 Å². The normalized spacial score (nSPS) is 28.2. The van der Waals surface area contributed by atoms with Gasteiger partial charge in [0.1, 0.15) is 5.69 Å². The van der Waals surface area contributed by atoms with Crippen molar-refractivity contribution in [3.05, 3.63) is 59.9 Å². The number of carbonyl (C=O) groups excluding carboxylic acids is 1. The summed E-state index contributed by atoms with van der Waals surface area (Å²) in [5.41, 5.74) is 1.68. The summed E-state index contributed by atoms with van der Waals surface area (Å²) in [6.45, 7) is 2.23. The summed E-state index contributed by atoms with van der Waals surface area (Å²) in [4.78, 5) is 15.2. The number of rotatable bonds is 5. The molecule has 1 aromatic carbocycles. The van der Waals surface area contributed by atoms with E-state index in [0.29, 0.717) is 18.7 Å². The number of aliphatic hydroxyl groups is 2. The second-order valence-electron chi connectivity index (χ2n) is 9.31. The Balaban J connectivity index is 1.52. The van der Waals surface area contributed by atoms with E-state index in [2.05, 4.69) is 34.5 Å². The standard InChI is InChI=1S/C25H35N3O3/c1-27-15-5-8-22(27)24(31)26-18-25(19-6-3-2-4-7-19)13-9-21(23(30)10-14-25)28-16-11-20(29)12-17-28/h2-8,15,20-21,23,29-30H,9-14,16-18H2,1H3,(H,26,31)/t21-,23-,25-/m0/s1. The van der Waals surface area contributed by atoms with E-state index in [1.807, 2.05) is 36.0 Å². The third kappa shape index (κ3) is 4.86. The Labute approximate surface area is 184 Å². The Morgan fingerprint density at radius 1 is 1.03 bits per heavy atom. The highest BCUT2D eigenvalue weighted by atomic mass is 16.3. The fourth-order valence-corrected chi connectivity index (χ4v) is 5.40. The van der Waals surface area contributed by atoms with Gasteiger partial charge < -0.3 is 20.1 Å². The molecule has 1 aliphatic heterocycles. The molecule has 2 aromatic rings. The number of aryl methyl sites for hydroxylation is 1. The highest BCUT2D eigenvalue weighted by Crippen LogP contribution is 2.39. The Hall–Kier alpha value is -2.15.